The van der Waals surface area contributed by atoms with Crippen molar-refractivity contribution in [3.05, 3.63) is 46.2 Å². The first-order valence-corrected chi connectivity index (χ1v) is 7.34. The van der Waals surface area contributed by atoms with Crippen molar-refractivity contribution < 1.29 is 4.79 Å². The maximum absolute atomic E-state index is 11.5. The molecule has 3 rings (SSSR count). The summed E-state index contributed by atoms with van der Waals surface area (Å²) < 4.78 is 0. The lowest BCUT2D eigenvalue weighted by atomic mass is 10.1. The number of hydrogen-bond acceptors (Lipinski definition) is 3. The van der Waals surface area contributed by atoms with Crippen LogP contribution in [0.5, 0.6) is 0 Å². The second-order valence-electron chi connectivity index (χ2n) is 4.75. The van der Waals surface area contributed by atoms with E-state index in [4.69, 9.17) is 0 Å². The highest BCUT2D eigenvalue weighted by molar-refractivity contribution is 7.07. The lowest BCUT2D eigenvalue weighted by Gasteiger charge is -2.15. The predicted octanol–water partition coefficient (Wildman–Crippen LogP) is 3.27. The normalized spacial score (nSPS) is 13.4. The van der Waals surface area contributed by atoms with Crippen molar-refractivity contribution in [1.29, 1.82) is 0 Å². The van der Waals surface area contributed by atoms with Gasteiger partial charge in [-0.15, -0.1) is 0 Å². The van der Waals surface area contributed by atoms with E-state index in [0.29, 0.717) is 0 Å². The quantitative estimate of drug-likeness (QED) is 0.930. The minimum absolute atomic E-state index is 0.123. The van der Waals surface area contributed by atoms with E-state index in [1.54, 1.807) is 18.3 Å². The zero-order valence-electron chi connectivity index (χ0n) is 10.8. The summed E-state index contributed by atoms with van der Waals surface area (Å²) in [5.41, 5.74) is 4.74. The summed E-state index contributed by atoms with van der Waals surface area (Å²) >= 11 is 1.71. The molecular formula is C15H16N2OS. The number of benzene rings is 1. The topological polar surface area (TPSA) is 32.3 Å². The molecule has 1 aromatic heterocycles. The molecular weight excluding hydrogens is 256 g/mol. The summed E-state index contributed by atoms with van der Waals surface area (Å²) in [5, 5.41) is 7.66. The van der Waals surface area contributed by atoms with Crippen molar-refractivity contribution in [2.75, 3.05) is 16.8 Å². The fourth-order valence-corrected chi connectivity index (χ4v) is 3.10. The van der Waals surface area contributed by atoms with Gasteiger partial charge in [0, 0.05) is 31.4 Å². The molecule has 0 aliphatic carbocycles. The van der Waals surface area contributed by atoms with Crippen molar-refractivity contribution in [3.63, 3.8) is 0 Å². The fourth-order valence-electron chi connectivity index (χ4n) is 2.44. The molecule has 1 N–H and O–H groups in total. The highest BCUT2D eigenvalue weighted by Crippen LogP contribution is 2.30. The number of rotatable bonds is 3. The van der Waals surface area contributed by atoms with Crippen molar-refractivity contribution in [2.45, 2.75) is 19.9 Å². The molecule has 2 heterocycles. The Hall–Kier alpha value is -1.81. The highest BCUT2D eigenvalue weighted by Gasteiger charge is 2.21. The van der Waals surface area contributed by atoms with Crippen LogP contribution in [0.1, 0.15) is 18.1 Å². The average Bonchev–Trinajstić information content (AvgIpc) is 3.05. The van der Waals surface area contributed by atoms with Gasteiger partial charge in [-0.05, 0) is 52.6 Å². The first-order valence-electron chi connectivity index (χ1n) is 6.40. The Balaban J connectivity index is 1.74. The van der Waals surface area contributed by atoms with Gasteiger partial charge in [-0.25, -0.2) is 0 Å². The van der Waals surface area contributed by atoms with Gasteiger partial charge >= 0.3 is 0 Å². The number of carbonyl (C=O) groups excluding carboxylic acids is 1. The SMILES string of the molecule is CC(=O)N1CCc2cc(NCc3ccsc3)ccc21. The Kier molecular flexibility index (Phi) is 3.25. The monoisotopic (exact) mass is 272 g/mol. The van der Waals surface area contributed by atoms with Crippen LogP contribution in [0.4, 0.5) is 11.4 Å². The van der Waals surface area contributed by atoms with Crippen LogP contribution in [-0.4, -0.2) is 12.5 Å². The number of fused-ring (bicyclic) bond motifs is 1. The van der Waals surface area contributed by atoms with Crippen LogP contribution >= 0.6 is 11.3 Å². The summed E-state index contributed by atoms with van der Waals surface area (Å²) in [4.78, 5) is 13.3. The van der Waals surface area contributed by atoms with Crippen molar-refractivity contribution in [3.8, 4) is 0 Å². The summed E-state index contributed by atoms with van der Waals surface area (Å²) in [6, 6.07) is 8.37. The van der Waals surface area contributed by atoms with Gasteiger partial charge in [0.1, 0.15) is 0 Å². The molecule has 19 heavy (non-hydrogen) atoms. The molecule has 1 aliphatic rings. The number of nitrogens with one attached hydrogen (secondary N) is 1. The summed E-state index contributed by atoms with van der Waals surface area (Å²) in [6.07, 6.45) is 0.947. The van der Waals surface area contributed by atoms with E-state index in [-0.39, 0.29) is 5.91 Å². The molecule has 0 atom stereocenters. The van der Waals surface area contributed by atoms with Gasteiger partial charge in [0.2, 0.25) is 5.91 Å². The van der Waals surface area contributed by atoms with Crippen LogP contribution in [0, 0.1) is 0 Å². The largest absolute Gasteiger partial charge is 0.381 e. The van der Waals surface area contributed by atoms with Crippen LogP contribution in [0.25, 0.3) is 0 Å². The number of amides is 1. The maximum atomic E-state index is 11.5. The molecule has 1 amide bonds. The molecule has 1 aliphatic heterocycles. The van der Waals surface area contributed by atoms with Gasteiger partial charge in [0.15, 0.2) is 0 Å². The molecule has 0 saturated carbocycles. The van der Waals surface area contributed by atoms with Gasteiger partial charge in [0.25, 0.3) is 0 Å². The number of thiophene rings is 1. The molecule has 98 valence electrons. The minimum Gasteiger partial charge on any atom is -0.381 e. The Labute approximate surface area is 116 Å². The minimum atomic E-state index is 0.123. The van der Waals surface area contributed by atoms with Gasteiger partial charge in [-0.1, -0.05) is 0 Å². The Bertz CT molecular complexity index is 592. The van der Waals surface area contributed by atoms with Crippen LogP contribution in [0.3, 0.4) is 0 Å². The van der Waals surface area contributed by atoms with E-state index in [9.17, 15) is 4.79 Å². The first kappa shape index (κ1) is 12.2. The van der Waals surface area contributed by atoms with Crippen LogP contribution in [0.2, 0.25) is 0 Å². The second-order valence-corrected chi connectivity index (χ2v) is 5.53. The molecule has 4 heteroatoms. The third kappa shape index (κ3) is 2.49. The molecule has 0 radical (unpaired) electrons. The molecule has 0 unspecified atom stereocenters. The van der Waals surface area contributed by atoms with Gasteiger partial charge < -0.3 is 10.2 Å². The average molecular weight is 272 g/mol. The van der Waals surface area contributed by atoms with Crippen LogP contribution in [-0.2, 0) is 17.8 Å². The van der Waals surface area contributed by atoms with Gasteiger partial charge in [-0.3, -0.25) is 4.79 Å². The Morgan fingerprint density at radius 2 is 2.32 bits per heavy atom. The van der Waals surface area contributed by atoms with E-state index in [2.05, 4.69) is 28.2 Å². The molecule has 0 bridgehead atoms. The third-order valence-electron chi connectivity index (χ3n) is 3.43. The molecule has 2 aromatic rings. The summed E-state index contributed by atoms with van der Waals surface area (Å²) in [7, 11) is 0. The van der Waals surface area contributed by atoms with E-state index < -0.39 is 0 Å². The summed E-state index contributed by atoms with van der Waals surface area (Å²) in [5.74, 6) is 0.123. The standard InChI is InChI=1S/C15H16N2OS/c1-11(18)17-6-4-13-8-14(2-3-15(13)17)16-9-12-5-7-19-10-12/h2-3,5,7-8,10,16H,4,6,9H2,1H3. The Morgan fingerprint density at radius 1 is 1.42 bits per heavy atom. The van der Waals surface area contributed by atoms with Crippen molar-refractivity contribution >= 4 is 28.6 Å². The van der Waals surface area contributed by atoms with Crippen molar-refractivity contribution in [2.24, 2.45) is 0 Å². The Morgan fingerprint density at radius 3 is 3.05 bits per heavy atom. The lowest BCUT2D eigenvalue weighted by Crippen LogP contribution is -2.25. The maximum Gasteiger partial charge on any atom is 0.223 e. The van der Waals surface area contributed by atoms with Gasteiger partial charge in [-0.2, -0.15) is 11.3 Å². The smallest absolute Gasteiger partial charge is 0.223 e. The molecule has 0 fully saturated rings. The van der Waals surface area contributed by atoms with E-state index in [0.717, 1.165) is 30.9 Å². The second kappa shape index (κ2) is 5.05. The number of hydrogen-bond donors (Lipinski definition) is 1. The van der Waals surface area contributed by atoms with E-state index in [1.807, 2.05) is 17.0 Å². The van der Waals surface area contributed by atoms with E-state index >= 15 is 0 Å². The van der Waals surface area contributed by atoms with E-state index in [1.165, 1.54) is 11.1 Å². The highest BCUT2D eigenvalue weighted by atomic mass is 32.1. The van der Waals surface area contributed by atoms with Crippen LogP contribution < -0.4 is 10.2 Å². The molecule has 3 nitrogen and oxygen atoms in total. The lowest BCUT2D eigenvalue weighted by molar-refractivity contribution is -0.116. The fraction of sp³-hybridized carbons (Fsp3) is 0.267. The first-order chi connectivity index (χ1) is 9.24. The zero-order chi connectivity index (χ0) is 13.2. The number of carbonyl (C=O) groups is 1. The third-order valence-corrected chi connectivity index (χ3v) is 4.16. The number of nitrogens with zero attached hydrogens (tertiary/aromatic N) is 1. The summed E-state index contributed by atoms with van der Waals surface area (Å²) in [6.45, 7) is 3.27. The predicted molar refractivity (Wildman–Crippen MR) is 79.8 cm³/mol. The molecule has 1 aromatic carbocycles. The zero-order valence-corrected chi connectivity index (χ0v) is 11.7. The van der Waals surface area contributed by atoms with Crippen molar-refractivity contribution in [1.82, 2.24) is 0 Å². The van der Waals surface area contributed by atoms with Gasteiger partial charge in [0.05, 0.1) is 0 Å². The molecule has 0 saturated heterocycles. The molecule has 0 spiro atoms. The van der Waals surface area contributed by atoms with Crippen LogP contribution in [0.15, 0.2) is 35.0 Å². The number of anilines is 2.